The van der Waals surface area contributed by atoms with Crippen molar-refractivity contribution in [3.8, 4) is 0 Å². The highest BCUT2D eigenvalue weighted by Gasteiger charge is 2.31. The monoisotopic (exact) mass is 383 g/mol. The Labute approximate surface area is 161 Å². The number of amides is 1. The fraction of sp³-hybridized carbons (Fsp3) is 0.389. The normalized spacial score (nSPS) is 18.7. The van der Waals surface area contributed by atoms with E-state index in [0.29, 0.717) is 19.6 Å². The van der Waals surface area contributed by atoms with E-state index in [9.17, 15) is 4.79 Å². The van der Waals surface area contributed by atoms with Crippen LogP contribution in [0.2, 0.25) is 0 Å². The van der Waals surface area contributed by atoms with Gasteiger partial charge in [-0.05, 0) is 26.0 Å². The summed E-state index contributed by atoms with van der Waals surface area (Å²) in [6.45, 7) is 6.08. The van der Waals surface area contributed by atoms with Crippen LogP contribution >= 0.6 is 11.8 Å². The highest BCUT2D eigenvalue weighted by Crippen LogP contribution is 2.25. The molecule has 0 N–H and O–H groups in total. The fourth-order valence-corrected chi connectivity index (χ4v) is 4.22. The topological polar surface area (TPSA) is 79.5 Å². The van der Waals surface area contributed by atoms with Crippen LogP contribution in [-0.2, 0) is 4.79 Å². The average molecular weight is 383 g/mol. The lowest BCUT2D eigenvalue weighted by Crippen LogP contribution is -2.55. The predicted molar refractivity (Wildman–Crippen MR) is 104 cm³/mol. The number of thioether (sulfide) groups is 1. The van der Waals surface area contributed by atoms with Gasteiger partial charge in [0.1, 0.15) is 6.33 Å². The molecule has 9 heteroatoms. The molecule has 1 fully saturated rings. The molecule has 3 aromatic rings. The first-order valence-electron chi connectivity index (χ1n) is 8.91. The molecule has 8 nitrogen and oxygen atoms in total. The molecular formula is C18H21N7OS. The summed E-state index contributed by atoms with van der Waals surface area (Å²) in [5.41, 5.74) is 0.739. The van der Waals surface area contributed by atoms with Gasteiger partial charge in [0.2, 0.25) is 11.6 Å². The highest BCUT2D eigenvalue weighted by atomic mass is 32.2. The number of hydrogen-bond acceptors (Lipinski definition) is 7. The Balaban J connectivity index is 1.44. The summed E-state index contributed by atoms with van der Waals surface area (Å²) in [6, 6.07) is 5.89. The zero-order chi connectivity index (χ0) is 18.8. The van der Waals surface area contributed by atoms with Crippen LogP contribution in [0, 0.1) is 0 Å². The molecule has 0 saturated carbocycles. The van der Waals surface area contributed by atoms with Crippen molar-refractivity contribution in [1.29, 1.82) is 0 Å². The van der Waals surface area contributed by atoms with Crippen molar-refractivity contribution in [2.75, 3.05) is 24.5 Å². The fourth-order valence-electron chi connectivity index (χ4n) is 3.33. The summed E-state index contributed by atoms with van der Waals surface area (Å²) >= 11 is 1.50. The summed E-state index contributed by atoms with van der Waals surface area (Å²) in [6.07, 6.45) is 7.00. The maximum atomic E-state index is 12.9. The van der Waals surface area contributed by atoms with Crippen molar-refractivity contribution in [3.63, 3.8) is 0 Å². The van der Waals surface area contributed by atoms with Crippen LogP contribution < -0.4 is 4.90 Å². The standard InChI is InChI=1S/C18H21N7OS/c1-13-11-23(18(26)14(2)27-15-5-3-4-6-19-15)9-10-25(13)16-17-22-21-12-24(17)8-7-20-16/h3-8,12-14H,9-11H2,1-2H3. The number of anilines is 1. The SMILES string of the molecule is CC(Sc1ccccn1)C(=O)N1CCN(c2nccn3cnnc23)C(C)C1. The van der Waals surface area contributed by atoms with Gasteiger partial charge in [0.15, 0.2) is 5.82 Å². The summed E-state index contributed by atoms with van der Waals surface area (Å²) in [5.74, 6) is 0.955. The van der Waals surface area contributed by atoms with Crippen LogP contribution in [0.1, 0.15) is 13.8 Å². The number of carbonyl (C=O) groups is 1. The molecule has 0 spiro atoms. The van der Waals surface area contributed by atoms with Gasteiger partial charge in [-0.25, -0.2) is 9.97 Å². The maximum Gasteiger partial charge on any atom is 0.235 e. The zero-order valence-corrected chi connectivity index (χ0v) is 16.1. The molecule has 27 heavy (non-hydrogen) atoms. The van der Waals surface area contributed by atoms with Gasteiger partial charge in [-0.15, -0.1) is 10.2 Å². The number of rotatable bonds is 4. The number of pyridine rings is 1. The predicted octanol–water partition coefficient (Wildman–Crippen LogP) is 1.74. The Morgan fingerprint density at radius 2 is 2.15 bits per heavy atom. The lowest BCUT2D eigenvalue weighted by atomic mass is 10.2. The van der Waals surface area contributed by atoms with Gasteiger partial charge in [0.05, 0.1) is 10.3 Å². The van der Waals surface area contributed by atoms with E-state index in [0.717, 1.165) is 16.5 Å². The molecular weight excluding hydrogens is 362 g/mol. The lowest BCUT2D eigenvalue weighted by molar-refractivity contribution is -0.131. The van der Waals surface area contributed by atoms with E-state index in [2.05, 4.69) is 32.0 Å². The second-order valence-corrected chi connectivity index (χ2v) is 7.93. The minimum atomic E-state index is -0.170. The van der Waals surface area contributed by atoms with E-state index < -0.39 is 0 Å². The molecule has 3 aromatic heterocycles. The molecule has 0 bridgehead atoms. The Hall–Kier alpha value is -2.68. The third kappa shape index (κ3) is 3.59. The second-order valence-electron chi connectivity index (χ2n) is 6.57. The van der Waals surface area contributed by atoms with Gasteiger partial charge in [-0.3, -0.25) is 9.20 Å². The Kier molecular flexibility index (Phi) is 4.93. The quantitative estimate of drug-likeness (QED) is 0.635. The van der Waals surface area contributed by atoms with Crippen molar-refractivity contribution in [1.82, 2.24) is 29.5 Å². The van der Waals surface area contributed by atoms with Crippen LogP contribution in [0.3, 0.4) is 0 Å². The smallest absolute Gasteiger partial charge is 0.235 e. The summed E-state index contributed by atoms with van der Waals surface area (Å²) in [7, 11) is 0. The molecule has 4 rings (SSSR count). The molecule has 1 amide bonds. The molecule has 0 aliphatic carbocycles. The Morgan fingerprint density at radius 3 is 2.93 bits per heavy atom. The minimum Gasteiger partial charge on any atom is -0.347 e. The molecule has 1 aliphatic rings. The highest BCUT2D eigenvalue weighted by molar-refractivity contribution is 8.00. The van der Waals surface area contributed by atoms with Gasteiger partial charge in [0, 0.05) is 44.3 Å². The van der Waals surface area contributed by atoms with Gasteiger partial charge >= 0.3 is 0 Å². The second kappa shape index (κ2) is 7.51. The van der Waals surface area contributed by atoms with Crippen molar-refractivity contribution >= 4 is 29.1 Å². The lowest BCUT2D eigenvalue weighted by Gasteiger charge is -2.41. The van der Waals surface area contributed by atoms with E-state index in [1.165, 1.54) is 11.8 Å². The molecule has 1 saturated heterocycles. The minimum absolute atomic E-state index is 0.144. The molecule has 0 aromatic carbocycles. The van der Waals surface area contributed by atoms with Crippen LogP contribution in [0.4, 0.5) is 5.82 Å². The van der Waals surface area contributed by atoms with Crippen molar-refractivity contribution in [2.45, 2.75) is 30.2 Å². The van der Waals surface area contributed by atoms with Crippen molar-refractivity contribution < 1.29 is 4.79 Å². The number of nitrogens with zero attached hydrogens (tertiary/aromatic N) is 7. The summed E-state index contributed by atoms with van der Waals surface area (Å²) < 4.78 is 1.86. The zero-order valence-electron chi connectivity index (χ0n) is 15.3. The van der Waals surface area contributed by atoms with Gasteiger partial charge in [-0.2, -0.15) is 0 Å². The van der Waals surface area contributed by atoms with Gasteiger partial charge in [-0.1, -0.05) is 17.8 Å². The maximum absolute atomic E-state index is 12.9. The largest absolute Gasteiger partial charge is 0.347 e. The molecule has 0 radical (unpaired) electrons. The van der Waals surface area contributed by atoms with Crippen LogP contribution in [0.5, 0.6) is 0 Å². The number of hydrogen-bond donors (Lipinski definition) is 0. The Morgan fingerprint density at radius 1 is 1.26 bits per heavy atom. The van der Waals surface area contributed by atoms with E-state index in [4.69, 9.17) is 0 Å². The first-order valence-corrected chi connectivity index (χ1v) is 9.79. The third-order valence-electron chi connectivity index (χ3n) is 4.69. The molecule has 1 aliphatic heterocycles. The molecule has 2 unspecified atom stereocenters. The number of piperazine rings is 1. The Bertz CT molecular complexity index is 932. The molecule has 2 atom stereocenters. The van der Waals surface area contributed by atoms with Gasteiger partial charge in [0.25, 0.3) is 0 Å². The van der Waals surface area contributed by atoms with Crippen LogP contribution in [0.15, 0.2) is 48.1 Å². The number of carbonyl (C=O) groups excluding carboxylic acids is 1. The van der Waals surface area contributed by atoms with E-state index in [1.54, 1.807) is 18.7 Å². The van der Waals surface area contributed by atoms with E-state index in [-0.39, 0.29) is 17.2 Å². The average Bonchev–Trinajstić information content (AvgIpc) is 3.17. The summed E-state index contributed by atoms with van der Waals surface area (Å²) in [5, 5.41) is 8.84. The molecule has 4 heterocycles. The van der Waals surface area contributed by atoms with Crippen molar-refractivity contribution in [2.24, 2.45) is 0 Å². The first kappa shape index (κ1) is 17.7. The number of aromatic nitrogens is 5. The first-order chi connectivity index (χ1) is 13.1. The van der Waals surface area contributed by atoms with E-state index >= 15 is 0 Å². The van der Waals surface area contributed by atoms with Crippen LogP contribution in [-0.4, -0.2) is 66.3 Å². The van der Waals surface area contributed by atoms with E-state index in [1.807, 2.05) is 40.6 Å². The van der Waals surface area contributed by atoms with Gasteiger partial charge < -0.3 is 9.80 Å². The number of fused-ring (bicyclic) bond motifs is 1. The molecule has 140 valence electrons. The third-order valence-corrected chi connectivity index (χ3v) is 5.73. The summed E-state index contributed by atoms with van der Waals surface area (Å²) in [4.78, 5) is 25.8. The van der Waals surface area contributed by atoms with Crippen molar-refractivity contribution in [3.05, 3.63) is 43.1 Å². The van der Waals surface area contributed by atoms with Crippen LogP contribution in [0.25, 0.3) is 5.65 Å².